The SMILES string of the molecule is Cc1ccc2c(c1)C1(SCCN1C(=O)c1ccccc1)C(=O)N2Cc1cccc(C#N)c1. The molecule has 2 aliphatic rings. The van der Waals surface area contributed by atoms with Gasteiger partial charge in [-0.1, -0.05) is 48.0 Å². The van der Waals surface area contributed by atoms with Gasteiger partial charge in [-0.05, 0) is 42.8 Å². The van der Waals surface area contributed by atoms with Crippen LogP contribution in [0.25, 0.3) is 0 Å². The smallest absolute Gasteiger partial charge is 0.268 e. The summed E-state index contributed by atoms with van der Waals surface area (Å²) in [6.45, 7) is 2.86. The Morgan fingerprint density at radius 2 is 1.91 bits per heavy atom. The molecule has 32 heavy (non-hydrogen) atoms. The minimum absolute atomic E-state index is 0.104. The molecule has 0 aliphatic carbocycles. The highest BCUT2D eigenvalue weighted by Crippen LogP contribution is 2.55. The second-order valence-electron chi connectivity index (χ2n) is 8.04. The molecule has 1 fully saturated rings. The number of thioether (sulfide) groups is 1. The van der Waals surface area contributed by atoms with Crippen LogP contribution in [0.15, 0.2) is 72.8 Å². The first kappa shape index (κ1) is 20.3. The maximum absolute atomic E-state index is 14.0. The van der Waals surface area contributed by atoms with Crippen molar-refractivity contribution in [2.45, 2.75) is 18.3 Å². The molecule has 158 valence electrons. The molecule has 0 radical (unpaired) electrons. The standard InChI is InChI=1S/C26H21N3O2S/c1-18-10-11-23-22(14-18)26(25(31)28(23)17-20-7-5-6-19(15-20)16-27)29(12-13-32-26)24(30)21-8-3-2-4-9-21/h2-11,14-15H,12-13,17H2,1H3. The van der Waals surface area contributed by atoms with E-state index in [1.807, 2.05) is 55.5 Å². The Labute approximate surface area is 191 Å². The fraction of sp³-hybridized carbons (Fsp3) is 0.192. The molecule has 0 aromatic heterocycles. The average molecular weight is 440 g/mol. The van der Waals surface area contributed by atoms with Gasteiger partial charge < -0.3 is 9.80 Å². The van der Waals surface area contributed by atoms with E-state index in [0.29, 0.717) is 30.0 Å². The van der Waals surface area contributed by atoms with Crippen molar-refractivity contribution in [3.8, 4) is 6.07 Å². The van der Waals surface area contributed by atoms with Crippen LogP contribution in [0.5, 0.6) is 0 Å². The van der Waals surface area contributed by atoms with E-state index < -0.39 is 4.87 Å². The summed E-state index contributed by atoms with van der Waals surface area (Å²) in [5.41, 5.74) is 4.75. The molecule has 1 spiro atoms. The Kier molecular flexibility index (Phi) is 4.99. The molecule has 5 rings (SSSR count). The van der Waals surface area contributed by atoms with Crippen LogP contribution in [0.4, 0.5) is 5.69 Å². The Morgan fingerprint density at radius 1 is 1.09 bits per heavy atom. The highest BCUT2D eigenvalue weighted by molar-refractivity contribution is 8.01. The lowest BCUT2D eigenvalue weighted by Crippen LogP contribution is -2.50. The molecule has 0 N–H and O–H groups in total. The molecule has 3 aromatic carbocycles. The molecule has 2 heterocycles. The van der Waals surface area contributed by atoms with Crippen LogP contribution in [-0.2, 0) is 16.2 Å². The summed E-state index contributed by atoms with van der Waals surface area (Å²) in [6, 6.07) is 24.6. The molecule has 1 unspecified atom stereocenters. The number of fused-ring (bicyclic) bond motifs is 2. The van der Waals surface area contributed by atoms with Crippen molar-refractivity contribution in [2.75, 3.05) is 17.2 Å². The number of nitrogens with zero attached hydrogens (tertiary/aromatic N) is 3. The van der Waals surface area contributed by atoms with Crippen LogP contribution < -0.4 is 4.90 Å². The highest BCUT2D eigenvalue weighted by atomic mass is 32.2. The number of carbonyl (C=O) groups is 2. The molecular weight excluding hydrogens is 418 g/mol. The zero-order valence-corrected chi connectivity index (χ0v) is 18.4. The van der Waals surface area contributed by atoms with Crippen LogP contribution in [0.1, 0.15) is 32.6 Å². The molecule has 6 heteroatoms. The van der Waals surface area contributed by atoms with Crippen LogP contribution in [0, 0.1) is 18.3 Å². The average Bonchev–Trinajstić information content (AvgIpc) is 3.36. The summed E-state index contributed by atoms with van der Waals surface area (Å²) < 4.78 is 0. The first-order chi connectivity index (χ1) is 15.5. The van der Waals surface area contributed by atoms with Crippen molar-refractivity contribution >= 4 is 29.3 Å². The van der Waals surface area contributed by atoms with Crippen LogP contribution in [0.2, 0.25) is 0 Å². The Bertz CT molecular complexity index is 1270. The minimum Gasteiger partial charge on any atom is -0.311 e. The van der Waals surface area contributed by atoms with E-state index in [9.17, 15) is 14.9 Å². The summed E-state index contributed by atoms with van der Waals surface area (Å²) in [7, 11) is 0. The van der Waals surface area contributed by atoms with Gasteiger partial charge in [-0.2, -0.15) is 5.26 Å². The van der Waals surface area contributed by atoms with E-state index in [1.54, 1.807) is 34.1 Å². The van der Waals surface area contributed by atoms with E-state index in [-0.39, 0.29) is 11.8 Å². The molecule has 1 saturated heterocycles. The number of amides is 2. The lowest BCUT2D eigenvalue weighted by atomic mass is 10.0. The van der Waals surface area contributed by atoms with Gasteiger partial charge >= 0.3 is 0 Å². The molecule has 1 atom stereocenters. The molecule has 5 nitrogen and oxygen atoms in total. The first-order valence-corrected chi connectivity index (χ1v) is 11.5. The quantitative estimate of drug-likeness (QED) is 0.605. The third-order valence-corrected chi connectivity index (χ3v) is 7.43. The number of rotatable bonds is 3. The summed E-state index contributed by atoms with van der Waals surface area (Å²) in [5.74, 6) is 0.451. The van der Waals surface area contributed by atoms with Gasteiger partial charge in [0.15, 0.2) is 4.87 Å². The predicted octanol–water partition coefficient (Wildman–Crippen LogP) is 4.46. The second-order valence-corrected chi connectivity index (χ2v) is 9.33. The van der Waals surface area contributed by atoms with Gasteiger partial charge in [0.05, 0.1) is 23.9 Å². The van der Waals surface area contributed by atoms with Gasteiger partial charge in [0.25, 0.3) is 11.8 Å². The van der Waals surface area contributed by atoms with Gasteiger partial charge in [0.2, 0.25) is 0 Å². The molecular formula is C26H21N3O2S. The summed E-state index contributed by atoms with van der Waals surface area (Å²) in [5, 5.41) is 9.26. The first-order valence-electron chi connectivity index (χ1n) is 10.5. The lowest BCUT2D eigenvalue weighted by molar-refractivity contribution is -0.123. The number of hydrogen-bond donors (Lipinski definition) is 0. The predicted molar refractivity (Wildman–Crippen MR) is 125 cm³/mol. The van der Waals surface area contributed by atoms with Crippen LogP contribution >= 0.6 is 11.8 Å². The van der Waals surface area contributed by atoms with Crippen LogP contribution in [0.3, 0.4) is 0 Å². The monoisotopic (exact) mass is 439 g/mol. The number of benzene rings is 3. The number of nitriles is 1. The largest absolute Gasteiger partial charge is 0.311 e. The highest BCUT2D eigenvalue weighted by Gasteiger charge is 2.59. The van der Waals surface area contributed by atoms with Crippen molar-refractivity contribution in [1.29, 1.82) is 5.26 Å². The minimum atomic E-state index is -1.07. The van der Waals surface area contributed by atoms with Crippen molar-refractivity contribution in [3.05, 3.63) is 101 Å². The Morgan fingerprint density at radius 3 is 2.69 bits per heavy atom. The number of anilines is 1. The van der Waals surface area contributed by atoms with Gasteiger partial charge in [-0.3, -0.25) is 9.59 Å². The lowest BCUT2D eigenvalue weighted by Gasteiger charge is -2.33. The normalized spacial score (nSPS) is 19.3. The third-order valence-electron chi connectivity index (χ3n) is 6.01. The molecule has 2 aliphatic heterocycles. The third kappa shape index (κ3) is 3.09. The fourth-order valence-electron chi connectivity index (χ4n) is 4.54. The number of carbonyl (C=O) groups excluding carboxylic acids is 2. The summed E-state index contributed by atoms with van der Waals surface area (Å²) in [6.07, 6.45) is 0. The van der Waals surface area contributed by atoms with Gasteiger partial charge in [0.1, 0.15) is 0 Å². The van der Waals surface area contributed by atoms with Crippen LogP contribution in [-0.4, -0.2) is 29.0 Å². The van der Waals surface area contributed by atoms with E-state index in [4.69, 9.17) is 0 Å². The number of hydrogen-bond acceptors (Lipinski definition) is 4. The van der Waals surface area contributed by atoms with E-state index in [0.717, 1.165) is 22.4 Å². The zero-order chi connectivity index (χ0) is 22.3. The zero-order valence-electron chi connectivity index (χ0n) is 17.6. The van der Waals surface area contributed by atoms with E-state index >= 15 is 0 Å². The molecule has 0 bridgehead atoms. The summed E-state index contributed by atoms with van der Waals surface area (Å²) >= 11 is 1.53. The van der Waals surface area contributed by atoms with Gasteiger partial charge in [0, 0.05) is 23.4 Å². The Hall–Kier alpha value is -3.56. The van der Waals surface area contributed by atoms with Crippen molar-refractivity contribution < 1.29 is 9.59 Å². The van der Waals surface area contributed by atoms with E-state index in [2.05, 4.69) is 6.07 Å². The maximum atomic E-state index is 14.0. The van der Waals surface area contributed by atoms with Gasteiger partial charge in [-0.15, -0.1) is 11.8 Å². The second kappa shape index (κ2) is 7.85. The molecule has 2 amide bonds. The Balaban J connectivity index is 1.60. The van der Waals surface area contributed by atoms with Gasteiger partial charge in [-0.25, -0.2) is 0 Å². The molecule has 3 aromatic rings. The number of aryl methyl sites for hydroxylation is 1. The van der Waals surface area contributed by atoms with E-state index in [1.165, 1.54) is 11.8 Å². The molecule has 0 saturated carbocycles. The fourth-order valence-corrected chi connectivity index (χ4v) is 6.00. The van der Waals surface area contributed by atoms with Crippen molar-refractivity contribution in [1.82, 2.24) is 4.90 Å². The topological polar surface area (TPSA) is 64.4 Å². The van der Waals surface area contributed by atoms with Crippen molar-refractivity contribution in [3.63, 3.8) is 0 Å². The van der Waals surface area contributed by atoms with Crippen molar-refractivity contribution in [2.24, 2.45) is 0 Å². The summed E-state index contributed by atoms with van der Waals surface area (Å²) in [4.78, 5) is 30.0. The maximum Gasteiger partial charge on any atom is 0.268 e.